The predicted octanol–water partition coefficient (Wildman–Crippen LogP) is 2.32. The lowest BCUT2D eigenvalue weighted by Crippen LogP contribution is -2.30. The van der Waals surface area contributed by atoms with Crippen LogP contribution in [0.15, 0.2) is 45.6 Å². The van der Waals surface area contributed by atoms with Gasteiger partial charge in [0.2, 0.25) is 0 Å². The van der Waals surface area contributed by atoms with Gasteiger partial charge in [0.15, 0.2) is 5.82 Å². The zero-order valence-corrected chi connectivity index (χ0v) is 12.2. The highest BCUT2D eigenvalue weighted by Crippen LogP contribution is 2.16. The summed E-state index contributed by atoms with van der Waals surface area (Å²) in [7, 11) is 0. The van der Waals surface area contributed by atoms with Crippen molar-refractivity contribution < 1.29 is 9.21 Å². The molecule has 3 rings (SSSR count). The molecule has 1 aromatic carbocycles. The molecule has 0 radical (unpaired) electrons. The first-order valence-electron chi connectivity index (χ1n) is 6.91. The Hall–Kier alpha value is -2.89. The lowest BCUT2D eigenvalue weighted by molar-refractivity contribution is 0.0924. The van der Waals surface area contributed by atoms with Crippen LogP contribution in [0.5, 0.6) is 0 Å². The fourth-order valence-electron chi connectivity index (χ4n) is 2.22. The molecule has 0 bridgehead atoms. The molecule has 6 heteroatoms. The Morgan fingerprint density at radius 3 is 2.77 bits per heavy atom. The maximum Gasteiger partial charge on any atom is 0.287 e. The first-order valence-corrected chi connectivity index (χ1v) is 6.91. The van der Waals surface area contributed by atoms with E-state index in [1.807, 2.05) is 13.0 Å². The number of benzene rings is 1. The Morgan fingerprint density at radius 2 is 2.05 bits per heavy atom. The van der Waals surface area contributed by atoms with Gasteiger partial charge in [0, 0.05) is 0 Å². The van der Waals surface area contributed by atoms with Crippen molar-refractivity contribution >= 4 is 16.8 Å². The maximum absolute atomic E-state index is 12.2. The number of furan rings is 1. The minimum Gasteiger partial charge on any atom is -0.464 e. The summed E-state index contributed by atoms with van der Waals surface area (Å²) in [6, 6.07) is 10.2. The highest BCUT2D eigenvalue weighted by atomic mass is 16.3. The number of H-pyrrole nitrogens is 1. The smallest absolute Gasteiger partial charge is 0.287 e. The Balaban J connectivity index is 1.87. The van der Waals surface area contributed by atoms with Gasteiger partial charge in [-0.05, 0) is 38.1 Å². The summed E-state index contributed by atoms with van der Waals surface area (Å²) in [5.74, 6) is 0.950. The third kappa shape index (κ3) is 2.63. The van der Waals surface area contributed by atoms with Crippen molar-refractivity contribution in [2.24, 2.45) is 0 Å². The van der Waals surface area contributed by atoms with Crippen LogP contribution in [0.3, 0.4) is 0 Å². The van der Waals surface area contributed by atoms with Crippen molar-refractivity contribution in [2.45, 2.75) is 19.9 Å². The van der Waals surface area contributed by atoms with E-state index in [9.17, 15) is 9.59 Å². The molecular formula is C16H15N3O3. The second kappa shape index (κ2) is 5.48. The van der Waals surface area contributed by atoms with Crippen molar-refractivity contribution in [3.63, 3.8) is 0 Å². The number of nitrogens with one attached hydrogen (secondary N) is 2. The van der Waals surface area contributed by atoms with E-state index in [-0.39, 0.29) is 17.4 Å². The van der Waals surface area contributed by atoms with Gasteiger partial charge in [0.25, 0.3) is 11.5 Å². The van der Waals surface area contributed by atoms with Gasteiger partial charge in [-0.3, -0.25) is 9.59 Å². The number of aromatic nitrogens is 2. The predicted molar refractivity (Wildman–Crippen MR) is 81.7 cm³/mol. The van der Waals surface area contributed by atoms with Crippen LogP contribution in [0.4, 0.5) is 0 Å². The third-order valence-corrected chi connectivity index (χ3v) is 3.36. The number of amides is 1. The summed E-state index contributed by atoms with van der Waals surface area (Å²) in [4.78, 5) is 30.9. The average Bonchev–Trinajstić information content (AvgIpc) is 2.94. The second-order valence-electron chi connectivity index (χ2n) is 5.08. The Labute approximate surface area is 126 Å². The summed E-state index contributed by atoms with van der Waals surface area (Å²) >= 11 is 0. The number of carbonyl (C=O) groups excluding carboxylic acids is 1. The van der Waals surface area contributed by atoms with Crippen LogP contribution in [-0.4, -0.2) is 15.9 Å². The molecule has 6 nitrogen and oxygen atoms in total. The number of carbonyl (C=O) groups is 1. The van der Waals surface area contributed by atoms with Gasteiger partial charge in [-0.15, -0.1) is 0 Å². The van der Waals surface area contributed by atoms with Gasteiger partial charge in [0.05, 0.1) is 16.9 Å². The molecule has 0 aliphatic carbocycles. The van der Waals surface area contributed by atoms with Crippen LogP contribution in [0, 0.1) is 6.92 Å². The van der Waals surface area contributed by atoms with Crippen molar-refractivity contribution in [1.29, 1.82) is 0 Å². The standard InChI is InChI=1S/C16H15N3O3/c1-9-7-8-13(22-9)10(2)17-16(21)14-18-12-6-4-3-5-11(12)15(20)19-14/h3-8,10H,1-2H3,(H,17,21)(H,18,19,20). The summed E-state index contributed by atoms with van der Waals surface area (Å²) in [5.41, 5.74) is 0.148. The molecule has 2 heterocycles. The number of para-hydroxylation sites is 1. The second-order valence-corrected chi connectivity index (χ2v) is 5.08. The molecule has 0 aliphatic heterocycles. The van der Waals surface area contributed by atoms with Crippen LogP contribution in [0.1, 0.15) is 35.1 Å². The van der Waals surface area contributed by atoms with Gasteiger partial charge >= 0.3 is 0 Å². The van der Waals surface area contributed by atoms with E-state index < -0.39 is 5.91 Å². The Bertz CT molecular complexity index is 895. The van der Waals surface area contributed by atoms with E-state index in [1.54, 1.807) is 37.3 Å². The molecule has 0 spiro atoms. The molecule has 1 atom stereocenters. The number of aryl methyl sites for hydroxylation is 1. The summed E-state index contributed by atoms with van der Waals surface area (Å²) in [6.45, 7) is 3.63. The Morgan fingerprint density at radius 1 is 1.27 bits per heavy atom. The fraction of sp³-hybridized carbons (Fsp3) is 0.188. The van der Waals surface area contributed by atoms with E-state index in [2.05, 4.69) is 15.3 Å². The van der Waals surface area contributed by atoms with Crippen molar-refractivity contribution in [2.75, 3.05) is 0 Å². The van der Waals surface area contributed by atoms with Crippen molar-refractivity contribution in [3.05, 3.63) is 64.1 Å². The zero-order chi connectivity index (χ0) is 15.7. The minimum atomic E-state index is -0.454. The fourth-order valence-corrected chi connectivity index (χ4v) is 2.22. The van der Waals surface area contributed by atoms with Crippen LogP contribution < -0.4 is 10.9 Å². The van der Waals surface area contributed by atoms with Crippen LogP contribution in [0.2, 0.25) is 0 Å². The SMILES string of the molecule is Cc1ccc(C(C)NC(=O)c2nc3ccccc3c(=O)[nH]2)o1. The number of rotatable bonds is 3. The highest BCUT2D eigenvalue weighted by molar-refractivity contribution is 5.92. The van der Waals surface area contributed by atoms with Crippen molar-refractivity contribution in [1.82, 2.24) is 15.3 Å². The van der Waals surface area contributed by atoms with Crippen LogP contribution in [0.25, 0.3) is 10.9 Å². The van der Waals surface area contributed by atoms with Gasteiger partial charge in [-0.25, -0.2) is 4.98 Å². The molecule has 0 saturated heterocycles. The highest BCUT2D eigenvalue weighted by Gasteiger charge is 2.16. The number of aromatic amines is 1. The molecule has 22 heavy (non-hydrogen) atoms. The van der Waals surface area contributed by atoms with E-state index in [4.69, 9.17) is 4.42 Å². The third-order valence-electron chi connectivity index (χ3n) is 3.36. The van der Waals surface area contributed by atoms with Crippen LogP contribution in [-0.2, 0) is 0 Å². The first-order chi connectivity index (χ1) is 10.5. The number of fused-ring (bicyclic) bond motifs is 1. The van der Waals surface area contributed by atoms with E-state index in [0.717, 1.165) is 5.76 Å². The molecule has 0 saturated carbocycles. The topological polar surface area (TPSA) is 88.0 Å². The van der Waals surface area contributed by atoms with E-state index in [0.29, 0.717) is 16.7 Å². The molecule has 2 N–H and O–H groups in total. The lowest BCUT2D eigenvalue weighted by Gasteiger charge is -2.11. The normalized spacial score (nSPS) is 12.3. The zero-order valence-electron chi connectivity index (χ0n) is 12.2. The summed E-state index contributed by atoms with van der Waals surface area (Å²) < 4.78 is 5.47. The lowest BCUT2D eigenvalue weighted by atomic mass is 10.2. The largest absolute Gasteiger partial charge is 0.464 e. The van der Waals surface area contributed by atoms with Gasteiger partial charge < -0.3 is 14.7 Å². The average molecular weight is 297 g/mol. The summed E-state index contributed by atoms with van der Waals surface area (Å²) in [5, 5.41) is 3.20. The molecule has 3 aromatic rings. The van der Waals surface area contributed by atoms with Crippen LogP contribution >= 0.6 is 0 Å². The number of hydrogen-bond donors (Lipinski definition) is 2. The number of nitrogens with zero attached hydrogens (tertiary/aromatic N) is 1. The monoisotopic (exact) mass is 297 g/mol. The maximum atomic E-state index is 12.2. The quantitative estimate of drug-likeness (QED) is 0.776. The molecule has 1 amide bonds. The van der Waals surface area contributed by atoms with Gasteiger partial charge in [-0.2, -0.15) is 0 Å². The first kappa shape index (κ1) is 14.1. The molecule has 1 unspecified atom stereocenters. The molecule has 0 aliphatic rings. The number of hydrogen-bond acceptors (Lipinski definition) is 4. The van der Waals surface area contributed by atoms with E-state index in [1.165, 1.54) is 0 Å². The van der Waals surface area contributed by atoms with Crippen molar-refractivity contribution in [3.8, 4) is 0 Å². The summed E-state index contributed by atoms with van der Waals surface area (Å²) in [6.07, 6.45) is 0. The van der Waals surface area contributed by atoms with E-state index >= 15 is 0 Å². The molecule has 112 valence electrons. The molecule has 0 fully saturated rings. The molecule has 2 aromatic heterocycles. The molecular weight excluding hydrogens is 282 g/mol. The Kier molecular flexibility index (Phi) is 3.50. The van der Waals surface area contributed by atoms with Gasteiger partial charge in [0.1, 0.15) is 11.5 Å². The minimum absolute atomic E-state index is 0.0150. The van der Waals surface area contributed by atoms with Gasteiger partial charge in [-0.1, -0.05) is 12.1 Å².